The van der Waals surface area contributed by atoms with Crippen molar-refractivity contribution in [2.24, 2.45) is 0 Å². The Morgan fingerprint density at radius 1 is 1.04 bits per heavy atom. The van der Waals surface area contributed by atoms with Gasteiger partial charge < -0.3 is 5.32 Å². The monoisotopic (exact) mass is 391 g/mol. The minimum absolute atomic E-state index is 0.0714. The van der Waals surface area contributed by atoms with Crippen molar-refractivity contribution in [1.82, 2.24) is 10.2 Å². The summed E-state index contributed by atoms with van der Waals surface area (Å²) in [4.78, 5) is 0.356. The first-order valence-corrected chi connectivity index (χ1v) is 11.1. The lowest BCUT2D eigenvalue weighted by Crippen LogP contribution is -2.08. The van der Waals surface area contributed by atoms with Gasteiger partial charge in [-0.1, -0.05) is 59.0 Å². The molecule has 0 aliphatic carbocycles. The van der Waals surface area contributed by atoms with Gasteiger partial charge in [0.2, 0.25) is 5.13 Å². The first kappa shape index (κ1) is 17.9. The van der Waals surface area contributed by atoms with Gasteiger partial charge in [0.1, 0.15) is 0 Å². The van der Waals surface area contributed by atoms with Crippen LogP contribution in [0.5, 0.6) is 0 Å². The van der Waals surface area contributed by atoms with Crippen molar-refractivity contribution in [3.05, 3.63) is 60.2 Å². The highest BCUT2D eigenvalue weighted by molar-refractivity contribution is 8.02. The summed E-state index contributed by atoms with van der Waals surface area (Å²) in [5.74, 6) is 0.512. The number of aromatic nitrogens is 2. The van der Waals surface area contributed by atoms with Crippen molar-refractivity contribution < 1.29 is 8.42 Å². The number of anilines is 2. The minimum atomic E-state index is -3.26. The molecule has 1 N–H and O–H groups in total. The van der Waals surface area contributed by atoms with Gasteiger partial charge in [-0.3, -0.25) is 0 Å². The topological polar surface area (TPSA) is 72.0 Å². The normalized spacial score (nSPS) is 11.4. The molecule has 0 saturated heterocycles. The van der Waals surface area contributed by atoms with Crippen molar-refractivity contribution >= 4 is 43.8 Å². The predicted octanol–water partition coefficient (Wildman–Crippen LogP) is 4.16. The Morgan fingerprint density at radius 3 is 2.48 bits per heavy atom. The molecular weight excluding hydrogens is 374 g/mol. The maximum absolute atomic E-state index is 12.2. The second kappa shape index (κ2) is 7.99. The zero-order chi connectivity index (χ0) is 17.7. The van der Waals surface area contributed by atoms with Crippen LogP contribution in [-0.4, -0.2) is 30.1 Å². The molecule has 0 unspecified atom stereocenters. The van der Waals surface area contributed by atoms with Crippen molar-refractivity contribution in [1.29, 1.82) is 0 Å². The van der Waals surface area contributed by atoms with E-state index in [-0.39, 0.29) is 5.75 Å². The molecule has 1 heterocycles. The third-order valence-corrected chi connectivity index (χ3v) is 7.35. The summed E-state index contributed by atoms with van der Waals surface area (Å²) in [5.41, 5.74) is 2.14. The maximum atomic E-state index is 12.2. The lowest BCUT2D eigenvalue weighted by molar-refractivity contribution is 0.597. The van der Waals surface area contributed by atoms with Gasteiger partial charge in [-0.2, -0.15) is 0 Å². The average Bonchev–Trinajstić information content (AvgIpc) is 3.05. The molecule has 0 amide bonds. The molecule has 0 atom stereocenters. The first-order chi connectivity index (χ1) is 12.0. The van der Waals surface area contributed by atoms with Gasteiger partial charge >= 0.3 is 0 Å². The number of benzene rings is 2. The van der Waals surface area contributed by atoms with Crippen LogP contribution in [0.1, 0.15) is 5.56 Å². The molecule has 3 aromatic rings. The zero-order valence-corrected chi connectivity index (χ0v) is 16.0. The number of nitrogens with zero attached hydrogens (tertiary/aromatic N) is 2. The van der Waals surface area contributed by atoms with E-state index in [2.05, 4.69) is 15.5 Å². The Kier molecular flexibility index (Phi) is 5.72. The van der Waals surface area contributed by atoms with E-state index in [1.54, 1.807) is 30.3 Å². The number of aryl methyl sites for hydroxylation is 1. The fraction of sp³-hybridized carbons (Fsp3) is 0.176. The summed E-state index contributed by atoms with van der Waals surface area (Å²) < 4.78 is 25.2. The third-order valence-electron chi connectivity index (χ3n) is 3.39. The minimum Gasteiger partial charge on any atom is -0.330 e. The molecule has 0 aliphatic heterocycles. The smallest absolute Gasteiger partial charge is 0.210 e. The summed E-state index contributed by atoms with van der Waals surface area (Å²) >= 11 is 2.81. The molecule has 0 bridgehead atoms. The Balaban J connectivity index is 1.54. The van der Waals surface area contributed by atoms with Gasteiger partial charge in [-0.15, -0.1) is 10.2 Å². The third kappa shape index (κ3) is 5.04. The van der Waals surface area contributed by atoms with Crippen LogP contribution in [0.4, 0.5) is 10.8 Å². The summed E-state index contributed by atoms with van der Waals surface area (Å²) in [6.45, 7) is 2.03. The first-order valence-electron chi connectivity index (χ1n) is 7.61. The molecule has 0 saturated carbocycles. The van der Waals surface area contributed by atoms with Crippen LogP contribution in [0.15, 0.2) is 63.8 Å². The van der Waals surface area contributed by atoms with Gasteiger partial charge in [-0.25, -0.2) is 8.42 Å². The van der Waals surface area contributed by atoms with Gasteiger partial charge in [0.15, 0.2) is 14.2 Å². The van der Waals surface area contributed by atoms with E-state index in [9.17, 15) is 8.42 Å². The fourth-order valence-corrected chi connectivity index (χ4v) is 5.58. The molecule has 2 aromatic carbocycles. The standard InChI is InChI=1S/C17H17N3O2S3/c1-13-7-9-14(10-8-13)18-16-19-20-17(24-16)23-11-12-25(21,22)15-5-3-2-4-6-15/h2-10H,11-12H2,1H3,(H,18,19). The van der Waals surface area contributed by atoms with Crippen LogP contribution in [-0.2, 0) is 9.84 Å². The molecule has 0 radical (unpaired) electrons. The Bertz CT molecular complexity index is 923. The van der Waals surface area contributed by atoms with E-state index in [0.717, 1.165) is 10.0 Å². The molecule has 130 valence electrons. The van der Waals surface area contributed by atoms with Crippen molar-refractivity contribution in [3.63, 3.8) is 0 Å². The Morgan fingerprint density at radius 2 is 1.76 bits per heavy atom. The quantitative estimate of drug-likeness (QED) is 0.610. The van der Waals surface area contributed by atoms with Gasteiger partial charge in [-0.05, 0) is 31.2 Å². The van der Waals surface area contributed by atoms with Gasteiger partial charge in [0.05, 0.1) is 10.6 Å². The molecular formula is C17H17N3O2S3. The predicted molar refractivity (Wildman–Crippen MR) is 104 cm³/mol. The van der Waals surface area contributed by atoms with E-state index < -0.39 is 9.84 Å². The van der Waals surface area contributed by atoms with E-state index in [4.69, 9.17) is 0 Å². The van der Waals surface area contributed by atoms with E-state index >= 15 is 0 Å². The van der Waals surface area contributed by atoms with Crippen LogP contribution >= 0.6 is 23.1 Å². The van der Waals surface area contributed by atoms with Crippen molar-refractivity contribution in [2.75, 3.05) is 16.8 Å². The zero-order valence-electron chi connectivity index (χ0n) is 13.5. The Labute approximate surface area is 155 Å². The number of sulfone groups is 1. The lowest BCUT2D eigenvalue weighted by Gasteiger charge is -2.02. The highest BCUT2D eigenvalue weighted by atomic mass is 32.2. The summed E-state index contributed by atoms with van der Waals surface area (Å²) in [6.07, 6.45) is 0. The molecule has 0 fully saturated rings. The number of thioether (sulfide) groups is 1. The molecule has 0 spiro atoms. The largest absolute Gasteiger partial charge is 0.330 e. The SMILES string of the molecule is Cc1ccc(Nc2nnc(SCCS(=O)(=O)c3ccccc3)s2)cc1. The van der Waals surface area contributed by atoms with Gasteiger partial charge in [0, 0.05) is 11.4 Å². The lowest BCUT2D eigenvalue weighted by atomic mass is 10.2. The van der Waals surface area contributed by atoms with Crippen LogP contribution in [0, 0.1) is 6.92 Å². The number of nitrogens with one attached hydrogen (secondary N) is 1. The van der Waals surface area contributed by atoms with Gasteiger partial charge in [0.25, 0.3) is 0 Å². The van der Waals surface area contributed by atoms with Crippen LogP contribution in [0.2, 0.25) is 0 Å². The number of rotatable bonds is 7. The molecule has 25 heavy (non-hydrogen) atoms. The number of hydrogen-bond acceptors (Lipinski definition) is 7. The maximum Gasteiger partial charge on any atom is 0.210 e. The van der Waals surface area contributed by atoms with E-state index in [1.165, 1.54) is 28.7 Å². The van der Waals surface area contributed by atoms with E-state index in [1.807, 2.05) is 31.2 Å². The molecule has 0 aliphatic rings. The summed E-state index contributed by atoms with van der Waals surface area (Å²) in [5, 5.41) is 12.1. The summed E-state index contributed by atoms with van der Waals surface area (Å²) in [6, 6.07) is 16.5. The highest BCUT2D eigenvalue weighted by Crippen LogP contribution is 2.28. The summed E-state index contributed by atoms with van der Waals surface area (Å²) in [7, 11) is -3.26. The van der Waals surface area contributed by atoms with Crippen LogP contribution in [0.25, 0.3) is 0 Å². The second-order valence-corrected chi connectivity index (χ2v) is 9.77. The average molecular weight is 392 g/mol. The van der Waals surface area contributed by atoms with Crippen LogP contribution in [0.3, 0.4) is 0 Å². The number of hydrogen-bond donors (Lipinski definition) is 1. The fourth-order valence-electron chi connectivity index (χ4n) is 2.06. The Hall–Kier alpha value is -1.90. The van der Waals surface area contributed by atoms with Crippen molar-refractivity contribution in [3.8, 4) is 0 Å². The molecule has 8 heteroatoms. The van der Waals surface area contributed by atoms with E-state index in [0.29, 0.717) is 15.8 Å². The van der Waals surface area contributed by atoms with Crippen LogP contribution < -0.4 is 5.32 Å². The molecule has 5 nitrogen and oxygen atoms in total. The second-order valence-electron chi connectivity index (χ2n) is 5.34. The van der Waals surface area contributed by atoms with Crippen molar-refractivity contribution in [2.45, 2.75) is 16.2 Å². The molecule has 1 aromatic heterocycles. The highest BCUT2D eigenvalue weighted by Gasteiger charge is 2.14. The molecule has 3 rings (SSSR count).